The highest BCUT2D eigenvalue weighted by atomic mass is 32.1. The third-order valence-corrected chi connectivity index (χ3v) is 5.23. The van der Waals surface area contributed by atoms with E-state index in [1.165, 1.54) is 11.1 Å². The molecule has 0 spiro atoms. The van der Waals surface area contributed by atoms with Gasteiger partial charge in [0.1, 0.15) is 5.54 Å². The van der Waals surface area contributed by atoms with Crippen LogP contribution in [0.3, 0.4) is 0 Å². The Balaban J connectivity index is 2.21. The molecule has 0 bridgehead atoms. The van der Waals surface area contributed by atoms with Crippen molar-refractivity contribution in [1.82, 2.24) is 14.8 Å². The maximum Gasteiger partial charge on any atom is 0.407 e. The third-order valence-electron chi connectivity index (χ3n) is 5.04. The molecule has 146 valence electrons. The van der Waals surface area contributed by atoms with Gasteiger partial charge in [0.05, 0.1) is 13.2 Å². The van der Waals surface area contributed by atoms with Gasteiger partial charge >= 0.3 is 6.09 Å². The number of aromatic nitrogens is 1. The summed E-state index contributed by atoms with van der Waals surface area (Å²) in [4.78, 5) is 31.5. The molecule has 2 aromatic rings. The van der Waals surface area contributed by atoms with E-state index in [1.54, 1.807) is 48.7 Å². The molecule has 2 amide bonds. The number of nitrogens with two attached hydrogens (primary N) is 1. The molecule has 2 atom stereocenters. The molecule has 0 saturated carbocycles. The number of hydrogen-bond acceptors (Lipinski definition) is 5. The predicted octanol–water partition coefficient (Wildman–Crippen LogP) is 1.27. The Morgan fingerprint density at radius 2 is 2.00 bits per heavy atom. The number of carbonyl (C=O) groups is 2. The molecule has 1 aromatic heterocycles. The van der Waals surface area contributed by atoms with Gasteiger partial charge in [-0.2, -0.15) is 0 Å². The zero-order valence-electron chi connectivity index (χ0n) is 14.9. The van der Waals surface area contributed by atoms with Crippen molar-refractivity contribution in [2.24, 2.45) is 11.7 Å². The van der Waals surface area contributed by atoms with E-state index < -0.39 is 23.5 Å². The van der Waals surface area contributed by atoms with Gasteiger partial charge in [0.25, 0.3) is 5.91 Å². The number of amides is 2. The molecule has 9 heteroatoms. The van der Waals surface area contributed by atoms with Gasteiger partial charge in [-0.25, -0.2) is 4.79 Å². The standard InChI is InChI=1S/C19H20N4O4S/c20-17(28)23(16(25)13-5-2-1-3-6-13)19(14-7-4-8-21-9-14)12-22(18(26)27)10-15(19)11-24/h1-9,15,24H,10-12H2,(H2,20,28)(H,26,27). The molecular formula is C19H20N4O4S. The molecule has 0 aliphatic carbocycles. The summed E-state index contributed by atoms with van der Waals surface area (Å²) in [6, 6.07) is 11.9. The van der Waals surface area contributed by atoms with Gasteiger partial charge < -0.3 is 20.8 Å². The van der Waals surface area contributed by atoms with E-state index in [1.807, 2.05) is 0 Å². The molecule has 1 fully saturated rings. The van der Waals surface area contributed by atoms with Crippen molar-refractivity contribution in [2.45, 2.75) is 5.54 Å². The van der Waals surface area contributed by atoms with Crippen LogP contribution in [0.1, 0.15) is 15.9 Å². The molecular weight excluding hydrogens is 380 g/mol. The normalized spacial score (nSPS) is 21.3. The SMILES string of the molecule is NC(=S)N(C(=O)c1ccccc1)C1(c2cccnc2)CN(C(=O)O)CC1CO. The summed E-state index contributed by atoms with van der Waals surface area (Å²) in [5, 5.41) is 19.4. The Bertz CT molecular complexity index is 880. The Morgan fingerprint density at radius 3 is 2.54 bits per heavy atom. The molecule has 1 aliphatic heterocycles. The molecule has 3 rings (SSSR count). The van der Waals surface area contributed by atoms with Crippen LogP contribution in [0.15, 0.2) is 54.9 Å². The quantitative estimate of drug-likeness (QED) is 0.661. The van der Waals surface area contributed by atoms with E-state index in [4.69, 9.17) is 18.0 Å². The highest BCUT2D eigenvalue weighted by Crippen LogP contribution is 2.43. The van der Waals surface area contributed by atoms with Crippen LogP contribution in [0.25, 0.3) is 0 Å². The number of rotatable bonds is 4. The average Bonchev–Trinajstić information content (AvgIpc) is 3.10. The van der Waals surface area contributed by atoms with Crippen molar-refractivity contribution in [3.63, 3.8) is 0 Å². The zero-order valence-corrected chi connectivity index (χ0v) is 15.7. The summed E-state index contributed by atoms with van der Waals surface area (Å²) in [5.41, 5.74) is 5.61. The fraction of sp³-hybridized carbons (Fsp3) is 0.263. The molecule has 28 heavy (non-hydrogen) atoms. The lowest BCUT2D eigenvalue weighted by Crippen LogP contribution is -2.59. The van der Waals surface area contributed by atoms with E-state index >= 15 is 0 Å². The number of likely N-dealkylation sites (tertiary alicyclic amines) is 1. The Labute approximate surface area is 167 Å². The number of thiocarbonyl (C=S) groups is 1. The Morgan fingerprint density at radius 1 is 1.29 bits per heavy atom. The van der Waals surface area contributed by atoms with Gasteiger partial charge in [-0.15, -0.1) is 0 Å². The number of hydrogen-bond donors (Lipinski definition) is 3. The summed E-state index contributed by atoms with van der Waals surface area (Å²) in [7, 11) is 0. The first kappa shape index (κ1) is 19.7. The van der Waals surface area contributed by atoms with Crippen LogP contribution in [-0.2, 0) is 5.54 Å². The minimum atomic E-state index is -1.28. The fourth-order valence-electron chi connectivity index (χ4n) is 3.77. The monoisotopic (exact) mass is 400 g/mol. The molecule has 8 nitrogen and oxygen atoms in total. The number of aliphatic hydroxyl groups excluding tert-OH is 1. The van der Waals surface area contributed by atoms with Crippen LogP contribution in [0.4, 0.5) is 4.79 Å². The molecule has 0 radical (unpaired) electrons. The lowest BCUT2D eigenvalue weighted by atomic mass is 9.79. The Kier molecular flexibility index (Phi) is 5.57. The van der Waals surface area contributed by atoms with E-state index in [0.29, 0.717) is 11.1 Å². The van der Waals surface area contributed by atoms with E-state index in [9.17, 15) is 19.8 Å². The average molecular weight is 400 g/mol. The molecule has 2 unspecified atom stereocenters. The maximum absolute atomic E-state index is 13.4. The second-order valence-corrected chi connectivity index (χ2v) is 6.97. The minimum absolute atomic E-state index is 0.0297. The van der Waals surface area contributed by atoms with Crippen LogP contribution in [0.2, 0.25) is 0 Å². The molecule has 2 heterocycles. The van der Waals surface area contributed by atoms with Crippen LogP contribution >= 0.6 is 12.2 Å². The molecule has 1 aliphatic rings. The maximum atomic E-state index is 13.4. The zero-order chi connectivity index (χ0) is 20.3. The number of nitrogens with zero attached hydrogens (tertiary/aromatic N) is 3. The van der Waals surface area contributed by atoms with E-state index in [0.717, 1.165) is 4.90 Å². The molecule has 1 aromatic carbocycles. The van der Waals surface area contributed by atoms with Crippen molar-refractivity contribution >= 4 is 29.3 Å². The summed E-state index contributed by atoms with van der Waals surface area (Å²) in [6.07, 6.45) is 1.95. The first-order valence-corrected chi connectivity index (χ1v) is 9.01. The minimum Gasteiger partial charge on any atom is -0.465 e. The van der Waals surface area contributed by atoms with Crippen LogP contribution in [0, 0.1) is 5.92 Å². The van der Waals surface area contributed by atoms with Crippen molar-refractivity contribution in [1.29, 1.82) is 0 Å². The summed E-state index contributed by atoms with van der Waals surface area (Å²) < 4.78 is 0. The molecule has 4 N–H and O–H groups in total. The number of aliphatic hydroxyl groups is 1. The summed E-state index contributed by atoms with van der Waals surface area (Å²) in [6.45, 7) is -0.420. The second kappa shape index (κ2) is 7.91. The van der Waals surface area contributed by atoms with Gasteiger partial charge in [0.2, 0.25) is 0 Å². The number of carboxylic acid groups (broad SMARTS) is 1. The highest BCUT2D eigenvalue weighted by Gasteiger charge is 2.55. The topological polar surface area (TPSA) is 120 Å². The number of pyridine rings is 1. The smallest absolute Gasteiger partial charge is 0.407 e. The third kappa shape index (κ3) is 3.30. The van der Waals surface area contributed by atoms with Crippen molar-refractivity contribution in [3.05, 3.63) is 66.0 Å². The van der Waals surface area contributed by atoms with Gasteiger partial charge in [0, 0.05) is 30.4 Å². The lowest BCUT2D eigenvalue weighted by Gasteiger charge is -2.43. The van der Waals surface area contributed by atoms with Crippen LogP contribution in [-0.4, -0.2) is 61.8 Å². The van der Waals surface area contributed by atoms with Crippen molar-refractivity contribution in [2.75, 3.05) is 19.7 Å². The number of benzene rings is 1. The number of carbonyl (C=O) groups excluding carboxylic acids is 1. The van der Waals surface area contributed by atoms with Gasteiger partial charge in [-0.05, 0) is 36.0 Å². The second-order valence-electron chi connectivity index (χ2n) is 6.55. The largest absolute Gasteiger partial charge is 0.465 e. The van der Waals surface area contributed by atoms with Crippen molar-refractivity contribution in [3.8, 4) is 0 Å². The summed E-state index contributed by atoms with van der Waals surface area (Å²) >= 11 is 5.22. The highest BCUT2D eigenvalue weighted by molar-refractivity contribution is 7.80. The Hall–Kier alpha value is -3.04. The van der Waals surface area contributed by atoms with Crippen LogP contribution < -0.4 is 5.73 Å². The van der Waals surface area contributed by atoms with Gasteiger partial charge in [0.15, 0.2) is 5.11 Å². The van der Waals surface area contributed by atoms with E-state index in [-0.39, 0.29) is 24.8 Å². The first-order valence-electron chi connectivity index (χ1n) is 8.60. The van der Waals surface area contributed by atoms with Crippen LogP contribution in [0.5, 0.6) is 0 Å². The fourth-order valence-corrected chi connectivity index (χ4v) is 4.02. The summed E-state index contributed by atoms with van der Waals surface area (Å²) in [5.74, 6) is -1.11. The first-order chi connectivity index (χ1) is 13.4. The van der Waals surface area contributed by atoms with Gasteiger partial charge in [-0.3, -0.25) is 14.7 Å². The molecule has 1 saturated heterocycles. The van der Waals surface area contributed by atoms with Crippen molar-refractivity contribution < 1.29 is 19.8 Å². The predicted molar refractivity (Wildman–Crippen MR) is 105 cm³/mol. The lowest BCUT2D eigenvalue weighted by molar-refractivity contribution is 0.0529. The van der Waals surface area contributed by atoms with E-state index in [2.05, 4.69) is 4.98 Å². The van der Waals surface area contributed by atoms with Gasteiger partial charge in [-0.1, -0.05) is 24.3 Å².